The Hall–Kier alpha value is -1.43. The number of aliphatic hydroxyl groups is 1. The molecule has 0 aliphatic carbocycles. The lowest BCUT2D eigenvalue weighted by Crippen LogP contribution is -2.35. The van der Waals surface area contributed by atoms with Crippen LogP contribution in [0.5, 0.6) is 0 Å². The summed E-state index contributed by atoms with van der Waals surface area (Å²) in [4.78, 5) is 7.26. The maximum Gasteiger partial charge on any atom is 0.113 e. The van der Waals surface area contributed by atoms with E-state index in [1.165, 1.54) is 11.3 Å². The van der Waals surface area contributed by atoms with E-state index in [0.29, 0.717) is 5.92 Å². The number of fused-ring (bicyclic) bond motifs is 1. The van der Waals surface area contributed by atoms with Crippen molar-refractivity contribution in [1.29, 1.82) is 0 Å². The number of rotatable bonds is 7. The molecule has 2 aromatic rings. The summed E-state index contributed by atoms with van der Waals surface area (Å²) in [5.74, 6) is 1.70. The molecule has 0 radical (unpaired) electrons. The zero-order valence-electron chi connectivity index (χ0n) is 13.9. The standard InChI is InChI=1S/C18H27N3O2/c1-2-23-14-12-21-17-6-4-3-5-16(17)19-18(21)15-7-9-20(10-8-15)11-13-22/h3-6,15,22H,2,7-14H2,1H3. The van der Waals surface area contributed by atoms with E-state index in [4.69, 9.17) is 14.8 Å². The van der Waals surface area contributed by atoms with Gasteiger partial charge in [0.15, 0.2) is 0 Å². The number of aromatic nitrogens is 2. The van der Waals surface area contributed by atoms with Gasteiger partial charge in [-0.1, -0.05) is 12.1 Å². The summed E-state index contributed by atoms with van der Waals surface area (Å²) >= 11 is 0. The van der Waals surface area contributed by atoms with E-state index >= 15 is 0 Å². The molecule has 5 heteroatoms. The Balaban J connectivity index is 1.80. The molecule has 1 N–H and O–H groups in total. The molecule has 0 unspecified atom stereocenters. The molecule has 1 saturated heterocycles. The fourth-order valence-electron chi connectivity index (χ4n) is 3.50. The molecule has 0 amide bonds. The second-order valence-corrected chi connectivity index (χ2v) is 6.15. The van der Waals surface area contributed by atoms with E-state index in [1.54, 1.807) is 0 Å². The summed E-state index contributed by atoms with van der Waals surface area (Å²) in [5.41, 5.74) is 2.29. The van der Waals surface area contributed by atoms with Crippen LogP contribution in [0.1, 0.15) is 31.5 Å². The molecule has 1 aliphatic heterocycles. The van der Waals surface area contributed by atoms with Crippen LogP contribution in [0.4, 0.5) is 0 Å². The third kappa shape index (κ3) is 3.74. The number of nitrogens with zero attached hydrogens (tertiary/aromatic N) is 3. The molecule has 0 bridgehead atoms. The van der Waals surface area contributed by atoms with Crippen LogP contribution < -0.4 is 0 Å². The number of ether oxygens (including phenoxy) is 1. The lowest BCUT2D eigenvalue weighted by Gasteiger charge is -2.31. The molecular weight excluding hydrogens is 290 g/mol. The summed E-state index contributed by atoms with van der Waals surface area (Å²) in [6.07, 6.45) is 2.22. The molecule has 0 spiro atoms. The number of likely N-dealkylation sites (tertiary alicyclic amines) is 1. The van der Waals surface area contributed by atoms with Gasteiger partial charge < -0.3 is 19.3 Å². The molecule has 2 heterocycles. The van der Waals surface area contributed by atoms with Crippen molar-refractivity contribution in [1.82, 2.24) is 14.5 Å². The minimum Gasteiger partial charge on any atom is -0.395 e. The monoisotopic (exact) mass is 317 g/mol. The molecule has 1 aliphatic rings. The van der Waals surface area contributed by atoms with Gasteiger partial charge in [0.25, 0.3) is 0 Å². The molecule has 1 fully saturated rings. The highest BCUT2D eigenvalue weighted by molar-refractivity contribution is 5.76. The fraction of sp³-hybridized carbons (Fsp3) is 0.611. The van der Waals surface area contributed by atoms with Gasteiger partial charge in [-0.3, -0.25) is 0 Å². The smallest absolute Gasteiger partial charge is 0.113 e. The summed E-state index contributed by atoms with van der Waals surface area (Å²) < 4.78 is 7.91. The number of para-hydroxylation sites is 2. The van der Waals surface area contributed by atoms with Crippen molar-refractivity contribution in [3.05, 3.63) is 30.1 Å². The van der Waals surface area contributed by atoms with Gasteiger partial charge in [0, 0.05) is 25.6 Å². The summed E-state index contributed by atoms with van der Waals surface area (Å²) in [5, 5.41) is 9.09. The molecular formula is C18H27N3O2. The topological polar surface area (TPSA) is 50.5 Å². The van der Waals surface area contributed by atoms with Crippen LogP contribution in [0.2, 0.25) is 0 Å². The molecule has 126 valence electrons. The Morgan fingerprint density at radius 3 is 2.74 bits per heavy atom. The van der Waals surface area contributed by atoms with Gasteiger partial charge in [-0.15, -0.1) is 0 Å². The Morgan fingerprint density at radius 2 is 2.00 bits per heavy atom. The van der Waals surface area contributed by atoms with Crippen LogP contribution in [0.3, 0.4) is 0 Å². The first-order chi connectivity index (χ1) is 11.3. The third-order valence-corrected chi connectivity index (χ3v) is 4.72. The van der Waals surface area contributed by atoms with E-state index in [1.807, 2.05) is 6.92 Å². The number of benzene rings is 1. The van der Waals surface area contributed by atoms with Gasteiger partial charge in [-0.2, -0.15) is 0 Å². The predicted octanol–water partition coefficient (Wildman–Crippen LogP) is 2.24. The molecule has 23 heavy (non-hydrogen) atoms. The van der Waals surface area contributed by atoms with Crippen LogP contribution in [-0.2, 0) is 11.3 Å². The summed E-state index contributed by atoms with van der Waals surface area (Å²) in [7, 11) is 0. The third-order valence-electron chi connectivity index (χ3n) is 4.72. The van der Waals surface area contributed by atoms with Crippen LogP contribution in [0.25, 0.3) is 11.0 Å². The van der Waals surface area contributed by atoms with E-state index in [0.717, 1.165) is 57.8 Å². The van der Waals surface area contributed by atoms with Gasteiger partial charge in [0.1, 0.15) is 5.82 Å². The highest BCUT2D eigenvalue weighted by Crippen LogP contribution is 2.30. The fourth-order valence-corrected chi connectivity index (χ4v) is 3.50. The number of hydrogen-bond donors (Lipinski definition) is 1. The highest BCUT2D eigenvalue weighted by atomic mass is 16.5. The minimum absolute atomic E-state index is 0.248. The van der Waals surface area contributed by atoms with Gasteiger partial charge in [0.2, 0.25) is 0 Å². The molecule has 5 nitrogen and oxygen atoms in total. The zero-order valence-corrected chi connectivity index (χ0v) is 13.9. The second kappa shape index (κ2) is 7.90. The van der Waals surface area contributed by atoms with E-state index in [9.17, 15) is 0 Å². The van der Waals surface area contributed by atoms with Gasteiger partial charge >= 0.3 is 0 Å². The van der Waals surface area contributed by atoms with Gasteiger partial charge in [-0.25, -0.2) is 4.98 Å². The number of hydrogen-bond acceptors (Lipinski definition) is 4. The van der Waals surface area contributed by atoms with Crippen LogP contribution in [0.15, 0.2) is 24.3 Å². The van der Waals surface area contributed by atoms with Crippen molar-refractivity contribution in [3.63, 3.8) is 0 Å². The zero-order chi connectivity index (χ0) is 16.1. The summed E-state index contributed by atoms with van der Waals surface area (Å²) in [6.45, 7) is 7.49. The van der Waals surface area contributed by atoms with Crippen molar-refractivity contribution in [3.8, 4) is 0 Å². The lowest BCUT2D eigenvalue weighted by molar-refractivity contribution is 0.137. The molecule has 3 rings (SSSR count). The van der Waals surface area contributed by atoms with Crippen LogP contribution in [0, 0.1) is 0 Å². The van der Waals surface area contributed by atoms with Crippen molar-refractivity contribution in [2.75, 3.05) is 39.5 Å². The molecule has 1 aromatic heterocycles. The van der Waals surface area contributed by atoms with Crippen LogP contribution in [-0.4, -0.2) is 59.0 Å². The second-order valence-electron chi connectivity index (χ2n) is 6.15. The Morgan fingerprint density at radius 1 is 1.22 bits per heavy atom. The quantitative estimate of drug-likeness (QED) is 0.796. The SMILES string of the molecule is CCOCCn1c(C2CCN(CCO)CC2)nc2ccccc21. The number of imidazole rings is 1. The average Bonchev–Trinajstić information content (AvgIpc) is 2.95. The highest BCUT2D eigenvalue weighted by Gasteiger charge is 2.25. The van der Waals surface area contributed by atoms with Gasteiger partial charge in [0.05, 0.1) is 24.2 Å². The Kier molecular flexibility index (Phi) is 5.65. The van der Waals surface area contributed by atoms with E-state index in [2.05, 4.69) is 33.7 Å². The van der Waals surface area contributed by atoms with Crippen molar-refractivity contribution < 1.29 is 9.84 Å². The first-order valence-corrected chi connectivity index (χ1v) is 8.69. The van der Waals surface area contributed by atoms with E-state index < -0.39 is 0 Å². The lowest BCUT2D eigenvalue weighted by atomic mass is 9.96. The predicted molar refractivity (Wildman–Crippen MR) is 91.7 cm³/mol. The maximum atomic E-state index is 9.09. The number of aliphatic hydroxyl groups excluding tert-OH is 1. The first kappa shape index (κ1) is 16.4. The van der Waals surface area contributed by atoms with Gasteiger partial charge in [-0.05, 0) is 45.0 Å². The number of β-amino-alcohol motifs (C(OH)–C–C–N with tert-alkyl or cyclic N) is 1. The number of piperidine rings is 1. The molecule has 1 aromatic carbocycles. The summed E-state index contributed by atoms with van der Waals surface area (Å²) in [6, 6.07) is 8.38. The normalized spacial score (nSPS) is 17.1. The largest absolute Gasteiger partial charge is 0.395 e. The molecule has 0 saturated carbocycles. The van der Waals surface area contributed by atoms with E-state index in [-0.39, 0.29) is 6.61 Å². The van der Waals surface area contributed by atoms with Crippen LogP contribution >= 0.6 is 0 Å². The first-order valence-electron chi connectivity index (χ1n) is 8.69. The Bertz CT molecular complexity index is 618. The average molecular weight is 317 g/mol. The van der Waals surface area contributed by atoms with Crippen molar-refractivity contribution >= 4 is 11.0 Å². The Labute approximate surface area is 137 Å². The maximum absolute atomic E-state index is 9.09. The minimum atomic E-state index is 0.248. The van der Waals surface area contributed by atoms with Crippen molar-refractivity contribution in [2.45, 2.75) is 32.2 Å². The molecule has 0 atom stereocenters. The van der Waals surface area contributed by atoms with Crippen molar-refractivity contribution in [2.24, 2.45) is 0 Å².